The van der Waals surface area contributed by atoms with Crippen molar-refractivity contribution in [2.45, 2.75) is 26.1 Å². The van der Waals surface area contributed by atoms with Gasteiger partial charge < -0.3 is 14.4 Å². The first kappa shape index (κ1) is 20.8. The summed E-state index contributed by atoms with van der Waals surface area (Å²) in [7, 11) is 0. The Balaban J connectivity index is 1.54. The lowest BCUT2D eigenvalue weighted by atomic mass is 10.1. The van der Waals surface area contributed by atoms with Gasteiger partial charge in [-0.25, -0.2) is 9.48 Å². The maximum absolute atomic E-state index is 12.9. The van der Waals surface area contributed by atoms with Gasteiger partial charge in [-0.1, -0.05) is 48.5 Å². The van der Waals surface area contributed by atoms with E-state index in [2.05, 4.69) is 5.10 Å². The predicted octanol–water partition coefficient (Wildman–Crippen LogP) is 3.33. The molecule has 160 valence electrons. The molecule has 3 aromatic rings. The van der Waals surface area contributed by atoms with Crippen LogP contribution in [-0.4, -0.2) is 58.5 Å². The van der Waals surface area contributed by atoms with Crippen molar-refractivity contribution in [2.75, 3.05) is 19.7 Å². The van der Waals surface area contributed by atoms with Crippen LogP contribution in [0.4, 0.5) is 0 Å². The Bertz CT molecular complexity index is 1040. The second-order valence-corrected chi connectivity index (χ2v) is 7.66. The molecule has 2 aromatic carbocycles. The number of amides is 1. The Morgan fingerprint density at radius 3 is 2.26 bits per heavy atom. The molecule has 1 aromatic heterocycles. The van der Waals surface area contributed by atoms with Crippen LogP contribution in [0.25, 0.3) is 16.9 Å². The monoisotopic (exact) mass is 419 g/mol. The molecule has 1 fully saturated rings. The molecule has 1 amide bonds. The Labute approximate surface area is 181 Å². The summed E-state index contributed by atoms with van der Waals surface area (Å²) in [6, 6.07) is 20.7. The maximum atomic E-state index is 12.9. The minimum atomic E-state index is -0.596. The first-order valence-electron chi connectivity index (χ1n) is 10.3. The van der Waals surface area contributed by atoms with Crippen molar-refractivity contribution in [1.29, 1.82) is 0 Å². The number of morpholine rings is 1. The normalized spacial score (nSPS) is 18.6. The largest absolute Gasteiger partial charge is 0.451 e. The van der Waals surface area contributed by atoms with Gasteiger partial charge in [-0.15, -0.1) is 0 Å². The number of esters is 1. The molecule has 31 heavy (non-hydrogen) atoms. The lowest BCUT2D eigenvalue weighted by Gasteiger charge is -2.35. The fraction of sp³-hybridized carbons (Fsp3) is 0.292. The highest BCUT2D eigenvalue weighted by Gasteiger charge is 2.27. The first-order chi connectivity index (χ1) is 15.0. The number of para-hydroxylation sites is 1. The lowest BCUT2D eigenvalue weighted by molar-refractivity contribution is -0.146. The van der Waals surface area contributed by atoms with E-state index in [1.54, 1.807) is 15.6 Å². The second-order valence-electron chi connectivity index (χ2n) is 7.66. The van der Waals surface area contributed by atoms with Gasteiger partial charge in [0, 0.05) is 18.7 Å². The number of carbonyl (C=O) groups excluding carboxylic acids is 2. The van der Waals surface area contributed by atoms with Crippen molar-refractivity contribution in [3.05, 3.63) is 72.4 Å². The molecule has 7 heteroatoms. The first-order valence-corrected chi connectivity index (χ1v) is 10.3. The van der Waals surface area contributed by atoms with E-state index in [1.807, 2.05) is 74.5 Å². The summed E-state index contributed by atoms with van der Waals surface area (Å²) >= 11 is 0. The Kier molecular flexibility index (Phi) is 6.13. The van der Waals surface area contributed by atoms with Gasteiger partial charge in [-0.3, -0.25) is 4.79 Å². The zero-order chi connectivity index (χ0) is 21.8. The molecule has 0 spiro atoms. The average molecular weight is 419 g/mol. The van der Waals surface area contributed by atoms with Crippen molar-refractivity contribution in [2.24, 2.45) is 0 Å². The van der Waals surface area contributed by atoms with E-state index in [1.165, 1.54) is 0 Å². The highest BCUT2D eigenvalue weighted by molar-refractivity contribution is 5.91. The van der Waals surface area contributed by atoms with E-state index in [9.17, 15) is 9.59 Å². The molecule has 2 atom stereocenters. The van der Waals surface area contributed by atoms with Crippen molar-refractivity contribution in [1.82, 2.24) is 14.7 Å². The summed E-state index contributed by atoms with van der Waals surface area (Å²) in [4.78, 5) is 27.2. The summed E-state index contributed by atoms with van der Waals surface area (Å²) in [5.74, 6) is -0.828. The molecule has 7 nitrogen and oxygen atoms in total. The van der Waals surface area contributed by atoms with Crippen molar-refractivity contribution >= 4 is 11.9 Å². The molecular weight excluding hydrogens is 394 g/mol. The lowest BCUT2D eigenvalue weighted by Crippen LogP contribution is -2.49. The van der Waals surface area contributed by atoms with Crippen LogP contribution < -0.4 is 0 Å². The zero-order valence-corrected chi connectivity index (χ0v) is 17.6. The average Bonchev–Trinajstić information content (AvgIpc) is 3.23. The fourth-order valence-corrected chi connectivity index (χ4v) is 3.72. The van der Waals surface area contributed by atoms with E-state index < -0.39 is 5.97 Å². The minimum absolute atomic E-state index is 0.0451. The van der Waals surface area contributed by atoms with Gasteiger partial charge in [0.25, 0.3) is 5.91 Å². The van der Waals surface area contributed by atoms with Gasteiger partial charge in [0.15, 0.2) is 12.3 Å². The van der Waals surface area contributed by atoms with E-state index in [0.29, 0.717) is 18.8 Å². The van der Waals surface area contributed by atoms with Gasteiger partial charge >= 0.3 is 5.97 Å². The Morgan fingerprint density at radius 1 is 1.00 bits per heavy atom. The molecule has 1 aliphatic heterocycles. The van der Waals surface area contributed by atoms with Crippen LogP contribution in [0, 0.1) is 0 Å². The highest BCUT2D eigenvalue weighted by atomic mass is 16.5. The smallest absolute Gasteiger partial charge is 0.357 e. The Hall–Kier alpha value is -3.45. The Morgan fingerprint density at radius 2 is 1.61 bits per heavy atom. The van der Waals surface area contributed by atoms with E-state index in [0.717, 1.165) is 11.3 Å². The van der Waals surface area contributed by atoms with Crippen molar-refractivity contribution < 1.29 is 19.1 Å². The zero-order valence-electron chi connectivity index (χ0n) is 17.6. The number of hydrogen-bond acceptors (Lipinski definition) is 5. The quantitative estimate of drug-likeness (QED) is 0.593. The molecule has 0 saturated carbocycles. The van der Waals surface area contributed by atoms with Crippen molar-refractivity contribution in [3.8, 4) is 16.9 Å². The van der Waals surface area contributed by atoms with Crippen molar-refractivity contribution in [3.63, 3.8) is 0 Å². The third-order valence-corrected chi connectivity index (χ3v) is 5.09. The number of hydrogen-bond donors (Lipinski definition) is 0. The molecule has 0 aliphatic carbocycles. The SMILES string of the molecule is C[C@H]1CN(C(=O)COC(=O)c2cc(-c3ccccc3)nn2-c2ccccc2)C[C@H](C)O1. The minimum Gasteiger partial charge on any atom is -0.451 e. The standard InChI is InChI=1S/C24H25N3O4/c1-17-14-26(15-18(2)31-17)23(28)16-30-24(29)22-13-21(19-9-5-3-6-10-19)25-27(22)20-11-7-4-8-12-20/h3-13,17-18H,14-16H2,1-2H3/t17-,18-/m0/s1. The number of nitrogens with zero attached hydrogens (tertiary/aromatic N) is 3. The van der Waals surface area contributed by atoms with E-state index in [4.69, 9.17) is 9.47 Å². The van der Waals surface area contributed by atoms with Crippen LogP contribution in [0.2, 0.25) is 0 Å². The number of rotatable bonds is 5. The van der Waals surface area contributed by atoms with E-state index >= 15 is 0 Å². The maximum Gasteiger partial charge on any atom is 0.357 e. The molecule has 0 radical (unpaired) electrons. The number of benzene rings is 2. The fourth-order valence-electron chi connectivity index (χ4n) is 3.72. The van der Waals surface area contributed by atoms with Crippen LogP contribution in [0.5, 0.6) is 0 Å². The third kappa shape index (κ3) is 4.83. The number of aromatic nitrogens is 2. The summed E-state index contributed by atoms with van der Waals surface area (Å²) < 4.78 is 12.6. The van der Waals surface area contributed by atoms with Gasteiger partial charge in [0.05, 0.1) is 23.6 Å². The topological polar surface area (TPSA) is 73.7 Å². The van der Waals surface area contributed by atoms with Crippen LogP contribution in [0.1, 0.15) is 24.3 Å². The van der Waals surface area contributed by atoms with Gasteiger partial charge in [0.1, 0.15) is 0 Å². The number of ether oxygens (including phenoxy) is 2. The van der Waals surface area contributed by atoms with Gasteiger partial charge in [-0.2, -0.15) is 5.10 Å². The summed E-state index contributed by atoms with van der Waals surface area (Å²) in [5.41, 5.74) is 2.54. The van der Waals surface area contributed by atoms with Crippen LogP contribution in [-0.2, 0) is 14.3 Å². The summed E-state index contributed by atoms with van der Waals surface area (Å²) in [6.45, 7) is 4.50. The summed E-state index contributed by atoms with van der Waals surface area (Å²) in [5, 5.41) is 4.61. The number of carbonyl (C=O) groups is 2. The molecule has 0 unspecified atom stereocenters. The predicted molar refractivity (Wildman–Crippen MR) is 116 cm³/mol. The molecular formula is C24H25N3O4. The highest BCUT2D eigenvalue weighted by Crippen LogP contribution is 2.22. The van der Waals surface area contributed by atoms with Crippen LogP contribution in [0.15, 0.2) is 66.7 Å². The van der Waals surface area contributed by atoms with Crippen LogP contribution >= 0.6 is 0 Å². The molecule has 1 aliphatic rings. The second kappa shape index (κ2) is 9.14. The molecule has 4 rings (SSSR count). The molecule has 2 heterocycles. The van der Waals surface area contributed by atoms with Gasteiger partial charge in [0.2, 0.25) is 0 Å². The van der Waals surface area contributed by atoms with Crippen LogP contribution in [0.3, 0.4) is 0 Å². The molecule has 0 N–H and O–H groups in total. The van der Waals surface area contributed by atoms with Gasteiger partial charge in [-0.05, 0) is 32.0 Å². The molecule has 0 bridgehead atoms. The summed E-state index contributed by atoms with van der Waals surface area (Å²) in [6.07, 6.45) is -0.0901. The van der Waals surface area contributed by atoms with E-state index in [-0.39, 0.29) is 30.4 Å². The molecule has 1 saturated heterocycles. The third-order valence-electron chi connectivity index (χ3n) is 5.09.